The molecule has 3 nitrogen and oxygen atoms in total. The number of anilines is 1. The maximum absolute atomic E-state index is 10.6. The van der Waals surface area contributed by atoms with Crippen molar-refractivity contribution in [2.45, 2.75) is 19.3 Å². The van der Waals surface area contributed by atoms with Crippen molar-refractivity contribution in [1.29, 1.82) is 0 Å². The van der Waals surface area contributed by atoms with E-state index in [2.05, 4.69) is 17.4 Å². The van der Waals surface area contributed by atoms with Gasteiger partial charge in [0.2, 0.25) is 5.91 Å². The Hall–Kier alpha value is -1.51. The van der Waals surface area contributed by atoms with Crippen LogP contribution in [-0.4, -0.2) is 12.5 Å². The number of nitrogens with one attached hydrogen (secondary N) is 1. The Kier molecular flexibility index (Phi) is 2.39. The SMILES string of the molecule is NC(=O)CNc1ccc2c(c1)CCC2. The summed E-state index contributed by atoms with van der Waals surface area (Å²) in [5, 5.41) is 3.00. The van der Waals surface area contributed by atoms with Crippen LogP contribution in [0.3, 0.4) is 0 Å². The van der Waals surface area contributed by atoms with Crippen LogP contribution in [0.1, 0.15) is 17.5 Å². The number of hydrogen-bond donors (Lipinski definition) is 2. The second kappa shape index (κ2) is 3.70. The standard InChI is InChI=1S/C11H14N2O/c12-11(14)7-13-10-5-4-8-2-1-3-9(8)6-10/h4-6,13H,1-3,7H2,(H2,12,14). The van der Waals surface area contributed by atoms with Crippen molar-refractivity contribution in [2.75, 3.05) is 11.9 Å². The van der Waals surface area contributed by atoms with Gasteiger partial charge in [-0.1, -0.05) is 6.07 Å². The lowest BCUT2D eigenvalue weighted by Gasteiger charge is -2.06. The Balaban J connectivity index is 2.09. The van der Waals surface area contributed by atoms with Gasteiger partial charge in [0, 0.05) is 5.69 Å². The monoisotopic (exact) mass is 190 g/mol. The van der Waals surface area contributed by atoms with E-state index in [1.54, 1.807) is 0 Å². The van der Waals surface area contributed by atoms with E-state index in [1.807, 2.05) is 6.07 Å². The van der Waals surface area contributed by atoms with Gasteiger partial charge in [0.15, 0.2) is 0 Å². The lowest BCUT2D eigenvalue weighted by atomic mass is 10.1. The predicted molar refractivity (Wildman–Crippen MR) is 56.2 cm³/mol. The summed E-state index contributed by atoms with van der Waals surface area (Å²) in [4.78, 5) is 10.6. The minimum atomic E-state index is -0.328. The fraction of sp³-hybridized carbons (Fsp3) is 0.364. The van der Waals surface area contributed by atoms with Gasteiger partial charge in [0.1, 0.15) is 0 Å². The second-order valence-electron chi connectivity index (χ2n) is 3.66. The highest BCUT2D eigenvalue weighted by Gasteiger charge is 2.10. The Morgan fingerprint density at radius 2 is 2.14 bits per heavy atom. The number of hydrogen-bond acceptors (Lipinski definition) is 2. The molecular weight excluding hydrogens is 176 g/mol. The molecule has 0 bridgehead atoms. The van der Waals surface area contributed by atoms with E-state index in [1.165, 1.54) is 24.0 Å². The Labute approximate surface area is 83.3 Å². The van der Waals surface area contributed by atoms with Gasteiger partial charge in [-0.15, -0.1) is 0 Å². The normalized spacial score (nSPS) is 13.7. The first kappa shape index (κ1) is 9.06. The first-order valence-corrected chi connectivity index (χ1v) is 4.90. The van der Waals surface area contributed by atoms with Crippen molar-refractivity contribution in [3.8, 4) is 0 Å². The van der Waals surface area contributed by atoms with Crippen LogP contribution in [0, 0.1) is 0 Å². The highest BCUT2D eigenvalue weighted by atomic mass is 16.1. The quantitative estimate of drug-likeness (QED) is 0.749. The summed E-state index contributed by atoms with van der Waals surface area (Å²) in [6, 6.07) is 6.25. The molecule has 1 aromatic rings. The highest BCUT2D eigenvalue weighted by molar-refractivity contribution is 5.78. The molecule has 0 aromatic heterocycles. The molecule has 3 N–H and O–H groups in total. The lowest BCUT2D eigenvalue weighted by Crippen LogP contribution is -2.21. The first-order valence-electron chi connectivity index (χ1n) is 4.90. The molecule has 0 aliphatic heterocycles. The number of aryl methyl sites for hydroxylation is 2. The smallest absolute Gasteiger partial charge is 0.236 e. The van der Waals surface area contributed by atoms with Crippen LogP contribution in [0.2, 0.25) is 0 Å². The van der Waals surface area contributed by atoms with Gasteiger partial charge in [-0.05, 0) is 42.5 Å². The average Bonchev–Trinajstić information content (AvgIpc) is 2.61. The largest absolute Gasteiger partial charge is 0.376 e. The molecule has 1 aliphatic rings. The first-order chi connectivity index (χ1) is 6.75. The van der Waals surface area contributed by atoms with E-state index in [0.29, 0.717) is 0 Å². The molecule has 3 heteroatoms. The number of carbonyl (C=O) groups excluding carboxylic acids is 1. The number of primary amides is 1. The fourth-order valence-electron chi connectivity index (χ4n) is 1.87. The van der Waals surface area contributed by atoms with Crippen LogP contribution >= 0.6 is 0 Å². The fourth-order valence-corrected chi connectivity index (χ4v) is 1.87. The molecule has 0 radical (unpaired) electrons. The number of nitrogens with two attached hydrogens (primary N) is 1. The third-order valence-corrected chi connectivity index (χ3v) is 2.57. The maximum Gasteiger partial charge on any atom is 0.236 e. The van der Waals surface area contributed by atoms with E-state index in [4.69, 9.17) is 5.73 Å². The number of carbonyl (C=O) groups is 1. The summed E-state index contributed by atoms with van der Waals surface area (Å²) in [5.41, 5.74) is 8.88. The van der Waals surface area contributed by atoms with Crippen LogP contribution in [0.25, 0.3) is 0 Å². The zero-order valence-corrected chi connectivity index (χ0v) is 8.05. The van der Waals surface area contributed by atoms with Crippen molar-refractivity contribution in [1.82, 2.24) is 0 Å². The Morgan fingerprint density at radius 1 is 1.36 bits per heavy atom. The molecule has 0 unspecified atom stereocenters. The number of benzene rings is 1. The average molecular weight is 190 g/mol. The topological polar surface area (TPSA) is 55.1 Å². The third kappa shape index (κ3) is 1.87. The molecule has 1 amide bonds. The zero-order chi connectivity index (χ0) is 9.97. The molecule has 1 aromatic carbocycles. The number of rotatable bonds is 3. The molecule has 2 rings (SSSR count). The number of fused-ring (bicyclic) bond motifs is 1. The lowest BCUT2D eigenvalue weighted by molar-refractivity contribution is -0.116. The van der Waals surface area contributed by atoms with Crippen LogP contribution in [0.15, 0.2) is 18.2 Å². The minimum absolute atomic E-state index is 0.207. The summed E-state index contributed by atoms with van der Waals surface area (Å²) in [6.07, 6.45) is 3.58. The van der Waals surface area contributed by atoms with Crippen LogP contribution in [-0.2, 0) is 17.6 Å². The molecule has 14 heavy (non-hydrogen) atoms. The molecule has 0 fully saturated rings. The highest BCUT2D eigenvalue weighted by Crippen LogP contribution is 2.24. The van der Waals surface area contributed by atoms with Crippen LogP contribution in [0.5, 0.6) is 0 Å². The van der Waals surface area contributed by atoms with E-state index in [9.17, 15) is 4.79 Å². The Morgan fingerprint density at radius 3 is 2.93 bits per heavy atom. The van der Waals surface area contributed by atoms with Crippen LogP contribution in [0.4, 0.5) is 5.69 Å². The molecule has 0 spiro atoms. The second-order valence-corrected chi connectivity index (χ2v) is 3.66. The summed E-state index contributed by atoms with van der Waals surface area (Å²) in [7, 11) is 0. The predicted octanol–water partition coefficient (Wildman–Crippen LogP) is 1.07. The van der Waals surface area contributed by atoms with E-state index < -0.39 is 0 Å². The zero-order valence-electron chi connectivity index (χ0n) is 8.05. The molecule has 0 heterocycles. The molecule has 74 valence electrons. The van der Waals surface area contributed by atoms with Gasteiger partial charge < -0.3 is 11.1 Å². The molecular formula is C11H14N2O. The van der Waals surface area contributed by atoms with Crippen molar-refractivity contribution in [3.63, 3.8) is 0 Å². The molecule has 1 aliphatic carbocycles. The summed E-state index contributed by atoms with van der Waals surface area (Å²) < 4.78 is 0. The van der Waals surface area contributed by atoms with Crippen LogP contribution < -0.4 is 11.1 Å². The van der Waals surface area contributed by atoms with Gasteiger partial charge in [0.05, 0.1) is 6.54 Å². The van der Waals surface area contributed by atoms with Gasteiger partial charge in [-0.2, -0.15) is 0 Å². The van der Waals surface area contributed by atoms with E-state index in [0.717, 1.165) is 12.1 Å². The van der Waals surface area contributed by atoms with Crippen molar-refractivity contribution in [2.24, 2.45) is 5.73 Å². The summed E-state index contributed by atoms with van der Waals surface area (Å²) in [5.74, 6) is -0.328. The Bertz CT molecular complexity index is 360. The molecule has 0 atom stereocenters. The van der Waals surface area contributed by atoms with Gasteiger partial charge in [-0.3, -0.25) is 4.79 Å². The molecule has 0 saturated carbocycles. The van der Waals surface area contributed by atoms with Gasteiger partial charge in [-0.25, -0.2) is 0 Å². The third-order valence-electron chi connectivity index (χ3n) is 2.57. The van der Waals surface area contributed by atoms with Crippen molar-refractivity contribution < 1.29 is 4.79 Å². The van der Waals surface area contributed by atoms with Gasteiger partial charge in [0.25, 0.3) is 0 Å². The summed E-state index contributed by atoms with van der Waals surface area (Å²) >= 11 is 0. The minimum Gasteiger partial charge on any atom is -0.376 e. The van der Waals surface area contributed by atoms with Crippen molar-refractivity contribution >= 4 is 11.6 Å². The number of amides is 1. The maximum atomic E-state index is 10.6. The van der Waals surface area contributed by atoms with E-state index in [-0.39, 0.29) is 12.5 Å². The van der Waals surface area contributed by atoms with E-state index >= 15 is 0 Å². The molecule has 0 saturated heterocycles. The summed E-state index contributed by atoms with van der Waals surface area (Å²) in [6.45, 7) is 0.207. The van der Waals surface area contributed by atoms with Crippen molar-refractivity contribution in [3.05, 3.63) is 29.3 Å². The van der Waals surface area contributed by atoms with Gasteiger partial charge >= 0.3 is 0 Å².